The van der Waals surface area contributed by atoms with Gasteiger partial charge in [-0.25, -0.2) is 9.97 Å². The molecule has 0 saturated carbocycles. The zero-order valence-electron chi connectivity index (χ0n) is 19.5. The summed E-state index contributed by atoms with van der Waals surface area (Å²) in [6.45, 7) is 10.8. The van der Waals surface area contributed by atoms with Crippen LogP contribution in [0.3, 0.4) is 0 Å². The highest BCUT2D eigenvalue weighted by atomic mass is 32.2. The number of aromatic nitrogens is 4. The number of anilines is 1. The summed E-state index contributed by atoms with van der Waals surface area (Å²) < 4.78 is 7.28. The minimum atomic E-state index is 0.278. The number of benzene rings is 1. The molecule has 1 aromatic carbocycles. The molecule has 8 heteroatoms. The van der Waals surface area contributed by atoms with Crippen LogP contribution in [0, 0.1) is 6.92 Å². The highest BCUT2D eigenvalue weighted by molar-refractivity contribution is 7.99. The zero-order valence-corrected chi connectivity index (χ0v) is 20.4. The van der Waals surface area contributed by atoms with Gasteiger partial charge >= 0.3 is 0 Å². The smallest absolute Gasteiger partial charge is 0.220 e. The molecular formula is C24H34N6OS. The quantitative estimate of drug-likeness (QED) is 0.544. The van der Waals surface area contributed by atoms with Crippen molar-refractivity contribution in [3.05, 3.63) is 53.3 Å². The maximum Gasteiger partial charge on any atom is 0.220 e. The van der Waals surface area contributed by atoms with Crippen LogP contribution < -0.4 is 5.73 Å². The van der Waals surface area contributed by atoms with Crippen molar-refractivity contribution in [2.45, 2.75) is 32.1 Å². The molecule has 32 heavy (non-hydrogen) atoms. The van der Waals surface area contributed by atoms with E-state index in [1.54, 1.807) is 0 Å². The molecule has 1 aliphatic rings. The van der Waals surface area contributed by atoms with Crippen molar-refractivity contribution in [3.8, 4) is 11.4 Å². The van der Waals surface area contributed by atoms with Crippen LogP contribution in [0.2, 0.25) is 0 Å². The third kappa shape index (κ3) is 6.54. The van der Waals surface area contributed by atoms with Gasteiger partial charge < -0.3 is 10.5 Å². The molecule has 4 rings (SSSR count). The first kappa shape index (κ1) is 24.2. The second-order valence-electron chi connectivity index (χ2n) is 7.52. The number of thioether (sulfide) groups is 1. The first-order chi connectivity index (χ1) is 15.6. The molecule has 0 amide bonds. The lowest BCUT2D eigenvalue weighted by atomic mass is 10.0. The van der Waals surface area contributed by atoms with Crippen LogP contribution in [0.5, 0.6) is 0 Å². The Balaban J connectivity index is 0.00000141. The van der Waals surface area contributed by atoms with Crippen LogP contribution in [-0.2, 0) is 18.2 Å². The molecule has 0 aliphatic carbocycles. The van der Waals surface area contributed by atoms with Crippen molar-refractivity contribution in [1.82, 2.24) is 24.6 Å². The van der Waals surface area contributed by atoms with Crippen molar-refractivity contribution in [2.75, 3.05) is 44.3 Å². The van der Waals surface area contributed by atoms with E-state index in [2.05, 4.69) is 50.4 Å². The van der Waals surface area contributed by atoms with E-state index in [1.807, 2.05) is 50.3 Å². The maximum atomic E-state index is 5.87. The molecule has 0 atom stereocenters. The number of nitrogens with zero attached hydrogens (tertiary/aromatic N) is 5. The van der Waals surface area contributed by atoms with Crippen LogP contribution in [-0.4, -0.2) is 63.2 Å². The topological polar surface area (TPSA) is 82.1 Å². The van der Waals surface area contributed by atoms with Crippen LogP contribution in [0.1, 0.15) is 30.7 Å². The number of morpholine rings is 1. The van der Waals surface area contributed by atoms with Crippen molar-refractivity contribution in [1.29, 1.82) is 0 Å². The normalized spacial score (nSPS) is 14.1. The zero-order chi connectivity index (χ0) is 22.9. The summed E-state index contributed by atoms with van der Waals surface area (Å²) in [5.74, 6) is 1.35. The van der Waals surface area contributed by atoms with Crippen molar-refractivity contribution >= 4 is 17.7 Å². The largest absolute Gasteiger partial charge is 0.379 e. The van der Waals surface area contributed by atoms with Crippen molar-refractivity contribution in [3.63, 3.8) is 0 Å². The third-order valence-electron chi connectivity index (χ3n) is 5.14. The van der Waals surface area contributed by atoms with Crippen LogP contribution in [0.25, 0.3) is 11.4 Å². The van der Waals surface area contributed by atoms with Crippen LogP contribution in [0.15, 0.2) is 41.4 Å². The van der Waals surface area contributed by atoms with Gasteiger partial charge in [-0.2, -0.15) is 5.10 Å². The summed E-state index contributed by atoms with van der Waals surface area (Å²) in [5, 5.41) is 4.66. The number of hydrogen-bond acceptors (Lipinski definition) is 7. The minimum absolute atomic E-state index is 0.278. The molecule has 3 heterocycles. The maximum absolute atomic E-state index is 5.87. The van der Waals surface area contributed by atoms with E-state index in [0.29, 0.717) is 0 Å². The summed E-state index contributed by atoms with van der Waals surface area (Å²) in [7, 11) is 1.94. The van der Waals surface area contributed by atoms with E-state index in [9.17, 15) is 0 Å². The predicted octanol–water partition coefficient (Wildman–Crippen LogP) is 3.81. The highest BCUT2D eigenvalue weighted by Gasteiger charge is 2.16. The third-order valence-corrected chi connectivity index (χ3v) is 6.24. The fraction of sp³-hybridized carbons (Fsp3) is 0.458. The second-order valence-corrected chi connectivity index (χ2v) is 8.65. The van der Waals surface area contributed by atoms with Crippen molar-refractivity contribution < 1.29 is 4.74 Å². The Kier molecular flexibility index (Phi) is 9.08. The molecule has 0 bridgehead atoms. The van der Waals surface area contributed by atoms with Gasteiger partial charge in [0.05, 0.1) is 18.9 Å². The molecule has 2 aromatic heterocycles. The lowest BCUT2D eigenvalue weighted by molar-refractivity contribution is 0.0410. The first-order valence-corrected chi connectivity index (χ1v) is 12.2. The molecule has 1 saturated heterocycles. The van der Waals surface area contributed by atoms with E-state index >= 15 is 0 Å². The van der Waals surface area contributed by atoms with Gasteiger partial charge in [0, 0.05) is 61.2 Å². The van der Waals surface area contributed by atoms with Gasteiger partial charge in [-0.05, 0) is 24.6 Å². The fourth-order valence-corrected chi connectivity index (χ4v) is 4.77. The summed E-state index contributed by atoms with van der Waals surface area (Å²) in [4.78, 5) is 12.4. The van der Waals surface area contributed by atoms with Gasteiger partial charge in [-0.1, -0.05) is 32.0 Å². The molecule has 3 aromatic rings. The molecule has 7 nitrogen and oxygen atoms in total. The Labute approximate surface area is 195 Å². The number of nitrogens with two attached hydrogens (primary N) is 1. The Morgan fingerprint density at radius 2 is 1.84 bits per heavy atom. The highest BCUT2D eigenvalue weighted by Crippen LogP contribution is 2.29. The molecule has 1 fully saturated rings. The number of rotatable bonds is 7. The first-order valence-electron chi connectivity index (χ1n) is 11.2. The van der Waals surface area contributed by atoms with E-state index in [0.717, 1.165) is 67.7 Å². The van der Waals surface area contributed by atoms with Gasteiger partial charge in [0.15, 0.2) is 0 Å². The van der Waals surface area contributed by atoms with Crippen LogP contribution >= 0.6 is 11.8 Å². The van der Waals surface area contributed by atoms with Gasteiger partial charge in [0.2, 0.25) is 5.95 Å². The Morgan fingerprint density at radius 1 is 1.09 bits per heavy atom. The van der Waals surface area contributed by atoms with E-state index < -0.39 is 0 Å². The summed E-state index contributed by atoms with van der Waals surface area (Å²) in [6.07, 6.45) is 2.87. The minimum Gasteiger partial charge on any atom is -0.379 e. The molecule has 0 spiro atoms. The molecule has 1 aliphatic heterocycles. The number of hydrogen-bond donors (Lipinski definition) is 1. The number of nitrogen functional groups attached to an aromatic ring is 1. The predicted molar refractivity (Wildman–Crippen MR) is 132 cm³/mol. The number of ether oxygens (including phenoxy) is 1. The van der Waals surface area contributed by atoms with Gasteiger partial charge in [-0.3, -0.25) is 9.58 Å². The summed E-state index contributed by atoms with van der Waals surface area (Å²) >= 11 is 1.92. The SMILES string of the molecule is CC.Cc1cc(-c2nn(C)cc2Cc2ccccc2SCCN2CCOCC2)nc(N)n1. The lowest BCUT2D eigenvalue weighted by Crippen LogP contribution is -2.37. The molecule has 0 radical (unpaired) electrons. The Bertz CT molecular complexity index is 980. The van der Waals surface area contributed by atoms with E-state index in [4.69, 9.17) is 10.5 Å². The average molecular weight is 455 g/mol. The van der Waals surface area contributed by atoms with Crippen LogP contribution in [0.4, 0.5) is 5.95 Å². The average Bonchev–Trinajstić information content (AvgIpc) is 3.16. The van der Waals surface area contributed by atoms with Gasteiger partial charge in [0.1, 0.15) is 5.69 Å². The lowest BCUT2D eigenvalue weighted by Gasteiger charge is -2.26. The molecular weight excluding hydrogens is 420 g/mol. The Hall–Kier alpha value is -2.42. The van der Waals surface area contributed by atoms with Crippen molar-refractivity contribution in [2.24, 2.45) is 7.05 Å². The summed E-state index contributed by atoms with van der Waals surface area (Å²) in [6, 6.07) is 10.6. The molecule has 0 unspecified atom stereocenters. The summed E-state index contributed by atoms with van der Waals surface area (Å²) in [5.41, 5.74) is 10.8. The Morgan fingerprint density at radius 3 is 2.59 bits per heavy atom. The monoisotopic (exact) mass is 454 g/mol. The second kappa shape index (κ2) is 12.0. The molecule has 172 valence electrons. The van der Waals surface area contributed by atoms with Gasteiger partial charge in [-0.15, -0.1) is 11.8 Å². The van der Waals surface area contributed by atoms with E-state index in [1.165, 1.54) is 10.5 Å². The standard InChI is InChI=1S/C22H28N6OS.C2H6/c1-16-13-19(25-22(23)24-16)21-18(15-27(2)26-21)14-17-5-3-4-6-20(17)30-12-9-28-7-10-29-11-8-28;1-2/h3-6,13,15H,7-12,14H2,1-2H3,(H2,23,24,25);1-2H3. The fourth-order valence-electron chi connectivity index (χ4n) is 3.70. The molecule has 2 N–H and O–H groups in total. The van der Waals surface area contributed by atoms with E-state index in [-0.39, 0.29) is 5.95 Å². The number of aryl methyl sites for hydroxylation is 2. The van der Waals surface area contributed by atoms with Gasteiger partial charge in [0.25, 0.3) is 0 Å².